The molecule has 0 aromatic carbocycles. The van der Waals surface area contributed by atoms with Crippen LogP contribution < -0.4 is 0 Å². The number of ether oxygens (including phenoxy) is 3. The number of hydrogen-bond donors (Lipinski definition) is 0. The summed E-state index contributed by atoms with van der Waals surface area (Å²) in [4.78, 5) is 37.3. The summed E-state index contributed by atoms with van der Waals surface area (Å²) in [7, 11) is 0. The zero-order valence-electron chi connectivity index (χ0n) is 30.8. The van der Waals surface area contributed by atoms with Crippen molar-refractivity contribution in [1.29, 1.82) is 0 Å². The van der Waals surface area contributed by atoms with E-state index in [0.717, 1.165) is 57.8 Å². The van der Waals surface area contributed by atoms with Crippen LogP contribution in [0.15, 0.2) is 36.5 Å². The minimum atomic E-state index is -0.791. The first-order valence-corrected chi connectivity index (χ1v) is 19.5. The molecule has 0 spiro atoms. The number of esters is 3. The smallest absolute Gasteiger partial charge is 0.306 e. The second-order valence-corrected chi connectivity index (χ2v) is 12.8. The zero-order chi connectivity index (χ0) is 34.5. The van der Waals surface area contributed by atoms with Gasteiger partial charge in [-0.25, -0.2) is 0 Å². The lowest BCUT2D eigenvalue weighted by molar-refractivity contribution is -0.167. The molecular weight excluding hydrogens is 588 g/mol. The Balaban J connectivity index is 4.43. The number of allylic oxidation sites excluding steroid dienone is 6. The summed E-state index contributed by atoms with van der Waals surface area (Å²) in [6.45, 7) is 6.38. The molecule has 1 unspecified atom stereocenters. The number of hydrogen-bond acceptors (Lipinski definition) is 6. The summed E-state index contributed by atoms with van der Waals surface area (Å²) in [5, 5.41) is 0. The van der Waals surface area contributed by atoms with Crippen LogP contribution in [0.5, 0.6) is 0 Å². The fourth-order valence-corrected chi connectivity index (χ4v) is 5.19. The van der Waals surface area contributed by atoms with Gasteiger partial charge in [0.1, 0.15) is 13.2 Å². The van der Waals surface area contributed by atoms with Crippen LogP contribution in [0.4, 0.5) is 0 Å². The minimum Gasteiger partial charge on any atom is -0.462 e. The SMILES string of the molecule is CC/C=C\C/C=C\CCCCC(=O)OC(COC(=O)CCC/C=C\CCCCCC)COC(=O)CCCCCCCCCCCCC. The molecular formula is C41H72O6. The van der Waals surface area contributed by atoms with Crippen molar-refractivity contribution >= 4 is 17.9 Å². The minimum absolute atomic E-state index is 0.0926. The van der Waals surface area contributed by atoms with E-state index in [1.165, 1.54) is 77.0 Å². The lowest BCUT2D eigenvalue weighted by atomic mass is 10.1. The standard InChI is InChI=1S/C41H72O6/c1-4-7-10-13-16-19-20-23-25-28-31-34-40(43)46-37-38(47-41(44)35-32-29-26-22-18-15-12-9-6-3)36-45-39(42)33-30-27-24-21-17-14-11-8-5-2/h9,12,18,21-22,24,38H,4-8,10-11,13-17,19-20,23,25-37H2,1-3H3/b12-9-,22-18-,24-21-. The van der Waals surface area contributed by atoms with E-state index in [2.05, 4.69) is 57.2 Å². The lowest BCUT2D eigenvalue weighted by Crippen LogP contribution is -2.30. The molecule has 0 rings (SSSR count). The maximum atomic E-state index is 12.6. The van der Waals surface area contributed by atoms with Gasteiger partial charge in [0, 0.05) is 19.3 Å². The molecule has 1 atom stereocenters. The van der Waals surface area contributed by atoms with Gasteiger partial charge in [-0.2, -0.15) is 0 Å². The number of rotatable bonds is 34. The molecule has 0 N–H and O–H groups in total. The molecule has 0 aromatic heterocycles. The quantitative estimate of drug-likeness (QED) is 0.0296. The first kappa shape index (κ1) is 44.6. The summed E-state index contributed by atoms with van der Waals surface area (Å²) < 4.78 is 16.5. The first-order valence-electron chi connectivity index (χ1n) is 19.5. The molecule has 6 heteroatoms. The largest absolute Gasteiger partial charge is 0.462 e. The molecule has 0 heterocycles. The molecule has 0 saturated heterocycles. The van der Waals surface area contributed by atoms with Gasteiger partial charge in [-0.1, -0.05) is 141 Å². The van der Waals surface area contributed by atoms with E-state index < -0.39 is 6.10 Å². The second-order valence-electron chi connectivity index (χ2n) is 12.8. The van der Waals surface area contributed by atoms with E-state index in [4.69, 9.17) is 14.2 Å². The highest BCUT2D eigenvalue weighted by Crippen LogP contribution is 2.13. The van der Waals surface area contributed by atoms with Crippen LogP contribution in [-0.2, 0) is 28.6 Å². The average molecular weight is 661 g/mol. The molecule has 6 nitrogen and oxygen atoms in total. The predicted molar refractivity (Wildman–Crippen MR) is 196 cm³/mol. The van der Waals surface area contributed by atoms with E-state index >= 15 is 0 Å². The van der Waals surface area contributed by atoms with Crippen LogP contribution in [0, 0.1) is 0 Å². The Morgan fingerprint density at radius 1 is 0.447 bits per heavy atom. The van der Waals surface area contributed by atoms with Crippen molar-refractivity contribution in [3.8, 4) is 0 Å². The van der Waals surface area contributed by atoms with E-state index in [0.29, 0.717) is 25.7 Å². The van der Waals surface area contributed by atoms with Gasteiger partial charge >= 0.3 is 17.9 Å². The van der Waals surface area contributed by atoms with Gasteiger partial charge in [0.15, 0.2) is 6.10 Å². The van der Waals surface area contributed by atoms with Gasteiger partial charge in [-0.05, 0) is 64.2 Å². The summed E-state index contributed by atoms with van der Waals surface area (Å²) >= 11 is 0. The van der Waals surface area contributed by atoms with Gasteiger partial charge in [0.25, 0.3) is 0 Å². The van der Waals surface area contributed by atoms with Gasteiger partial charge in [0.05, 0.1) is 0 Å². The lowest BCUT2D eigenvalue weighted by Gasteiger charge is -2.18. The molecule has 0 saturated carbocycles. The number of carbonyl (C=O) groups excluding carboxylic acids is 3. The summed E-state index contributed by atoms with van der Waals surface area (Å²) in [6, 6.07) is 0. The van der Waals surface area contributed by atoms with Crippen molar-refractivity contribution in [2.24, 2.45) is 0 Å². The van der Waals surface area contributed by atoms with Crippen molar-refractivity contribution < 1.29 is 28.6 Å². The molecule has 0 aliphatic carbocycles. The molecule has 0 radical (unpaired) electrons. The highest BCUT2D eigenvalue weighted by Gasteiger charge is 2.19. The van der Waals surface area contributed by atoms with Crippen LogP contribution in [0.25, 0.3) is 0 Å². The Morgan fingerprint density at radius 3 is 1.43 bits per heavy atom. The van der Waals surface area contributed by atoms with Crippen LogP contribution in [0.2, 0.25) is 0 Å². The van der Waals surface area contributed by atoms with Gasteiger partial charge in [-0.3, -0.25) is 14.4 Å². The van der Waals surface area contributed by atoms with E-state index in [-0.39, 0.29) is 37.5 Å². The normalized spacial score (nSPS) is 12.3. The Bertz CT molecular complexity index is 815. The number of unbranched alkanes of at least 4 members (excludes halogenated alkanes) is 17. The summed E-state index contributed by atoms with van der Waals surface area (Å²) in [5.74, 6) is -0.975. The number of carbonyl (C=O) groups is 3. The van der Waals surface area contributed by atoms with Crippen molar-refractivity contribution in [1.82, 2.24) is 0 Å². The van der Waals surface area contributed by atoms with Crippen LogP contribution in [-0.4, -0.2) is 37.2 Å². The molecule has 0 fully saturated rings. The van der Waals surface area contributed by atoms with E-state index in [1.54, 1.807) is 0 Å². The van der Waals surface area contributed by atoms with Crippen LogP contribution in [0.3, 0.4) is 0 Å². The third-order valence-corrected chi connectivity index (χ3v) is 8.13. The predicted octanol–water partition coefficient (Wildman–Crippen LogP) is 11.9. The van der Waals surface area contributed by atoms with E-state index in [9.17, 15) is 14.4 Å². The van der Waals surface area contributed by atoms with Crippen molar-refractivity contribution in [2.45, 2.75) is 194 Å². The highest BCUT2D eigenvalue weighted by molar-refractivity contribution is 5.71. The molecule has 47 heavy (non-hydrogen) atoms. The molecule has 0 aromatic rings. The van der Waals surface area contributed by atoms with Crippen molar-refractivity contribution in [2.75, 3.05) is 13.2 Å². The van der Waals surface area contributed by atoms with Crippen LogP contribution >= 0.6 is 0 Å². The van der Waals surface area contributed by atoms with Crippen molar-refractivity contribution in [3.05, 3.63) is 36.5 Å². The fourth-order valence-electron chi connectivity index (χ4n) is 5.19. The Kier molecular flexibility index (Phi) is 34.6. The molecule has 0 bridgehead atoms. The molecule has 0 aliphatic heterocycles. The molecule has 0 amide bonds. The summed E-state index contributed by atoms with van der Waals surface area (Å²) in [6.07, 6.45) is 38.6. The van der Waals surface area contributed by atoms with E-state index in [1.807, 2.05) is 0 Å². The maximum Gasteiger partial charge on any atom is 0.306 e. The monoisotopic (exact) mass is 661 g/mol. The maximum absolute atomic E-state index is 12.6. The third kappa shape index (κ3) is 34.8. The molecule has 272 valence electrons. The highest BCUT2D eigenvalue weighted by atomic mass is 16.6. The third-order valence-electron chi connectivity index (χ3n) is 8.13. The summed E-state index contributed by atoms with van der Waals surface area (Å²) in [5.41, 5.74) is 0. The second kappa shape index (κ2) is 36.5. The van der Waals surface area contributed by atoms with Gasteiger partial charge in [0.2, 0.25) is 0 Å². The Labute approximate surface area is 289 Å². The Morgan fingerprint density at radius 2 is 0.851 bits per heavy atom. The average Bonchev–Trinajstić information content (AvgIpc) is 3.06. The zero-order valence-corrected chi connectivity index (χ0v) is 30.8. The fraction of sp³-hybridized carbons (Fsp3) is 0.780. The van der Waals surface area contributed by atoms with Crippen LogP contribution in [0.1, 0.15) is 188 Å². The first-order chi connectivity index (χ1) is 23.0. The Hall–Kier alpha value is -2.37. The van der Waals surface area contributed by atoms with Gasteiger partial charge < -0.3 is 14.2 Å². The van der Waals surface area contributed by atoms with Gasteiger partial charge in [-0.15, -0.1) is 0 Å². The topological polar surface area (TPSA) is 78.9 Å². The molecule has 0 aliphatic rings. The van der Waals surface area contributed by atoms with Crippen molar-refractivity contribution in [3.63, 3.8) is 0 Å².